The first kappa shape index (κ1) is 13.4. The Kier molecular flexibility index (Phi) is 4.94. The molecule has 1 N–H and O–H groups in total. The van der Waals surface area contributed by atoms with Crippen LogP contribution >= 0.6 is 34.2 Å². The van der Waals surface area contributed by atoms with Gasteiger partial charge in [0.25, 0.3) is 0 Å². The van der Waals surface area contributed by atoms with E-state index in [0.29, 0.717) is 12.1 Å². The van der Waals surface area contributed by atoms with Crippen molar-refractivity contribution in [1.82, 2.24) is 0 Å². The van der Waals surface area contributed by atoms with Crippen molar-refractivity contribution < 1.29 is 4.74 Å². The van der Waals surface area contributed by atoms with Gasteiger partial charge in [-0.15, -0.1) is 0 Å². The lowest BCUT2D eigenvalue weighted by molar-refractivity contribution is 0.0669. The summed E-state index contributed by atoms with van der Waals surface area (Å²) in [5, 5.41) is 4.33. The zero-order valence-electron chi connectivity index (χ0n) is 9.88. The van der Waals surface area contributed by atoms with Crippen LogP contribution in [0.25, 0.3) is 0 Å². The third kappa shape index (κ3) is 3.73. The molecular weight excluding hydrogens is 349 g/mol. The fourth-order valence-electron chi connectivity index (χ4n) is 2.32. The number of hydrogen-bond acceptors (Lipinski definition) is 2. The first-order valence-corrected chi connectivity index (χ1v) is 7.39. The standard InChI is InChI=1S/C13H17ClINO/c1-17-11-4-2-3-10(8-11)16-13-6-5-9(15)7-12(13)14/h5-7,10-11,16H,2-4,8H2,1H3. The van der Waals surface area contributed by atoms with E-state index in [4.69, 9.17) is 16.3 Å². The Hall–Kier alpha value is -0.0000000000000000555. The normalized spacial score (nSPS) is 24.6. The fraction of sp³-hybridized carbons (Fsp3) is 0.538. The Morgan fingerprint density at radius 3 is 2.94 bits per heavy atom. The van der Waals surface area contributed by atoms with Crippen LogP contribution in [0, 0.1) is 3.57 Å². The second-order valence-corrected chi connectivity index (χ2v) is 6.14. The summed E-state index contributed by atoms with van der Waals surface area (Å²) in [5.41, 5.74) is 1.04. The highest BCUT2D eigenvalue weighted by atomic mass is 127. The lowest BCUT2D eigenvalue weighted by Gasteiger charge is -2.29. The summed E-state index contributed by atoms with van der Waals surface area (Å²) < 4.78 is 6.60. The van der Waals surface area contributed by atoms with Gasteiger partial charge in [-0.25, -0.2) is 0 Å². The number of benzene rings is 1. The Morgan fingerprint density at radius 2 is 2.24 bits per heavy atom. The van der Waals surface area contributed by atoms with Gasteiger partial charge in [0.1, 0.15) is 0 Å². The maximum atomic E-state index is 6.22. The minimum atomic E-state index is 0.392. The van der Waals surface area contributed by atoms with Crippen molar-refractivity contribution in [3.05, 3.63) is 26.8 Å². The highest BCUT2D eigenvalue weighted by molar-refractivity contribution is 14.1. The van der Waals surface area contributed by atoms with Crippen LogP contribution in [0.5, 0.6) is 0 Å². The zero-order chi connectivity index (χ0) is 12.3. The van der Waals surface area contributed by atoms with Crippen molar-refractivity contribution in [3.63, 3.8) is 0 Å². The molecule has 4 heteroatoms. The predicted octanol–water partition coefficient (Wildman–Crippen LogP) is 4.31. The van der Waals surface area contributed by atoms with Gasteiger partial charge in [0.2, 0.25) is 0 Å². The highest BCUT2D eigenvalue weighted by Gasteiger charge is 2.21. The van der Waals surface area contributed by atoms with E-state index in [1.54, 1.807) is 7.11 Å². The molecule has 1 aromatic rings. The Morgan fingerprint density at radius 1 is 1.41 bits per heavy atom. The molecule has 0 bridgehead atoms. The molecule has 1 aliphatic rings. The summed E-state index contributed by atoms with van der Waals surface area (Å²) >= 11 is 8.49. The van der Waals surface area contributed by atoms with Gasteiger partial charge < -0.3 is 10.1 Å². The van der Waals surface area contributed by atoms with Crippen molar-refractivity contribution in [3.8, 4) is 0 Å². The largest absolute Gasteiger partial charge is 0.381 e. The lowest BCUT2D eigenvalue weighted by atomic mass is 9.92. The van der Waals surface area contributed by atoms with Crippen molar-refractivity contribution >= 4 is 39.9 Å². The smallest absolute Gasteiger partial charge is 0.0648 e. The summed E-state index contributed by atoms with van der Waals surface area (Å²) in [6, 6.07) is 6.60. The van der Waals surface area contributed by atoms with Crippen LogP contribution in [0.1, 0.15) is 25.7 Å². The molecule has 1 aliphatic carbocycles. The molecule has 0 saturated heterocycles. The van der Waals surface area contributed by atoms with Crippen molar-refractivity contribution in [2.24, 2.45) is 0 Å². The van der Waals surface area contributed by atoms with Crippen molar-refractivity contribution in [2.45, 2.75) is 37.8 Å². The molecule has 2 nitrogen and oxygen atoms in total. The molecule has 0 aromatic heterocycles. The van der Waals surface area contributed by atoms with Crippen LogP contribution in [-0.4, -0.2) is 19.3 Å². The number of rotatable bonds is 3. The molecule has 1 aromatic carbocycles. The van der Waals surface area contributed by atoms with E-state index in [1.807, 2.05) is 6.07 Å². The fourth-order valence-corrected chi connectivity index (χ4v) is 3.23. The van der Waals surface area contributed by atoms with Crippen LogP contribution in [0.15, 0.2) is 18.2 Å². The van der Waals surface area contributed by atoms with E-state index in [2.05, 4.69) is 40.0 Å². The molecule has 2 atom stereocenters. The molecule has 94 valence electrons. The molecule has 0 radical (unpaired) electrons. The molecule has 2 rings (SSSR count). The lowest BCUT2D eigenvalue weighted by Crippen LogP contribution is -2.31. The molecule has 0 heterocycles. The molecular formula is C13H17ClINO. The van der Waals surface area contributed by atoms with Gasteiger partial charge in [-0.05, 0) is 66.5 Å². The first-order chi connectivity index (χ1) is 8.19. The van der Waals surface area contributed by atoms with Gasteiger partial charge in [0, 0.05) is 16.7 Å². The minimum absolute atomic E-state index is 0.392. The van der Waals surface area contributed by atoms with E-state index in [1.165, 1.54) is 19.3 Å². The molecule has 2 unspecified atom stereocenters. The SMILES string of the molecule is COC1CCCC(Nc2ccc(I)cc2Cl)C1. The number of anilines is 1. The third-order valence-corrected chi connectivity index (χ3v) is 4.23. The Balaban J connectivity index is 2.00. The minimum Gasteiger partial charge on any atom is -0.381 e. The van der Waals surface area contributed by atoms with Crippen LogP contribution < -0.4 is 5.32 Å². The molecule has 1 saturated carbocycles. The van der Waals surface area contributed by atoms with Crippen LogP contribution in [-0.2, 0) is 4.74 Å². The molecule has 0 aliphatic heterocycles. The number of methoxy groups -OCH3 is 1. The summed E-state index contributed by atoms with van der Waals surface area (Å²) in [6.45, 7) is 0. The summed E-state index contributed by atoms with van der Waals surface area (Å²) in [7, 11) is 1.80. The van der Waals surface area contributed by atoms with Gasteiger partial charge in [-0.2, -0.15) is 0 Å². The zero-order valence-corrected chi connectivity index (χ0v) is 12.8. The Bertz CT molecular complexity index is 386. The summed E-state index contributed by atoms with van der Waals surface area (Å²) in [4.78, 5) is 0. The topological polar surface area (TPSA) is 21.3 Å². The van der Waals surface area contributed by atoms with E-state index < -0.39 is 0 Å². The van der Waals surface area contributed by atoms with E-state index in [-0.39, 0.29) is 0 Å². The second kappa shape index (κ2) is 6.25. The van der Waals surface area contributed by atoms with Crippen LogP contribution in [0.4, 0.5) is 5.69 Å². The van der Waals surface area contributed by atoms with Gasteiger partial charge in [-0.3, -0.25) is 0 Å². The molecule has 0 amide bonds. The average Bonchev–Trinajstić information content (AvgIpc) is 2.33. The molecule has 0 spiro atoms. The number of nitrogens with one attached hydrogen (secondary N) is 1. The van der Waals surface area contributed by atoms with Crippen LogP contribution in [0.2, 0.25) is 5.02 Å². The van der Waals surface area contributed by atoms with Gasteiger partial charge >= 0.3 is 0 Å². The summed E-state index contributed by atoms with van der Waals surface area (Å²) in [6.07, 6.45) is 5.05. The maximum Gasteiger partial charge on any atom is 0.0648 e. The first-order valence-electron chi connectivity index (χ1n) is 5.93. The molecule has 17 heavy (non-hydrogen) atoms. The maximum absolute atomic E-state index is 6.22. The quantitative estimate of drug-likeness (QED) is 0.806. The highest BCUT2D eigenvalue weighted by Crippen LogP contribution is 2.28. The number of ether oxygens (including phenoxy) is 1. The molecule has 1 fully saturated rings. The average molecular weight is 366 g/mol. The van der Waals surface area contributed by atoms with E-state index in [0.717, 1.165) is 20.7 Å². The van der Waals surface area contributed by atoms with Crippen molar-refractivity contribution in [2.75, 3.05) is 12.4 Å². The monoisotopic (exact) mass is 365 g/mol. The van der Waals surface area contributed by atoms with Gasteiger partial charge in [-0.1, -0.05) is 11.6 Å². The summed E-state index contributed by atoms with van der Waals surface area (Å²) in [5.74, 6) is 0. The van der Waals surface area contributed by atoms with Crippen LogP contribution in [0.3, 0.4) is 0 Å². The van der Waals surface area contributed by atoms with Crippen molar-refractivity contribution in [1.29, 1.82) is 0 Å². The van der Waals surface area contributed by atoms with Gasteiger partial charge in [0.05, 0.1) is 16.8 Å². The van der Waals surface area contributed by atoms with Gasteiger partial charge in [0.15, 0.2) is 0 Å². The predicted molar refractivity (Wildman–Crippen MR) is 80.8 cm³/mol. The second-order valence-electron chi connectivity index (χ2n) is 4.49. The number of halogens is 2. The van der Waals surface area contributed by atoms with E-state index in [9.17, 15) is 0 Å². The van der Waals surface area contributed by atoms with E-state index >= 15 is 0 Å². The Labute approximate surface area is 121 Å². The third-order valence-electron chi connectivity index (χ3n) is 3.25. The number of hydrogen-bond donors (Lipinski definition) is 1.